The van der Waals surface area contributed by atoms with Gasteiger partial charge in [0.1, 0.15) is 5.82 Å². The number of ether oxygens (including phenoxy) is 1. The van der Waals surface area contributed by atoms with Crippen LogP contribution in [0.1, 0.15) is 13.3 Å². The van der Waals surface area contributed by atoms with Crippen LogP contribution in [0.5, 0.6) is 0 Å². The topological polar surface area (TPSA) is 49.9 Å². The first-order chi connectivity index (χ1) is 10.5. The van der Waals surface area contributed by atoms with Crippen molar-refractivity contribution in [2.45, 2.75) is 13.3 Å². The first-order valence-corrected chi connectivity index (χ1v) is 7.45. The van der Waals surface area contributed by atoms with Gasteiger partial charge in [0.25, 0.3) is 0 Å². The van der Waals surface area contributed by atoms with Gasteiger partial charge in [-0.05, 0) is 18.2 Å². The van der Waals surface area contributed by atoms with Crippen LogP contribution in [0, 0.1) is 5.82 Å². The van der Waals surface area contributed by atoms with Crippen LogP contribution in [0.2, 0.25) is 5.02 Å². The minimum absolute atomic E-state index is 0.0252. The zero-order valence-electron chi connectivity index (χ0n) is 12.3. The lowest BCUT2D eigenvalue weighted by Gasteiger charge is -2.28. The number of rotatable bonds is 4. The van der Waals surface area contributed by atoms with E-state index in [2.05, 4.69) is 0 Å². The molecule has 1 aromatic carbocycles. The Bertz CT molecular complexity index is 562. The van der Waals surface area contributed by atoms with Crippen molar-refractivity contribution in [2.75, 3.05) is 37.7 Å². The molecule has 0 N–H and O–H groups in total. The molecule has 0 spiro atoms. The molecule has 0 aromatic heterocycles. The Balaban J connectivity index is 2.01. The molecule has 2 rings (SSSR count). The second-order valence-corrected chi connectivity index (χ2v) is 5.42. The van der Waals surface area contributed by atoms with Gasteiger partial charge in [-0.15, -0.1) is 0 Å². The molecule has 1 aliphatic heterocycles. The molecule has 0 saturated carbocycles. The molecule has 7 heteroatoms. The smallest absolute Gasteiger partial charge is 0.224 e. The maximum Gasteiger partial charge on any atom is 0.224 e. The Morgan fingerprint density at radius 3 is 2.64 bits per heavy atom. The maximum atomic E-state index is 13.2. The minimum Gasteiger partial charge on any atom is -0.378 e. The number of carbonyl (C=O) groups excluding carboxylic acids is 2. The van der Waals surface area contributed by atoms with E-state index in [1.54, 1.807) is 4.90 Å². The van der Waals surface area contributed by atoms with Crippen LogP contribution < -0.4 is 4.90 Å². The van der Waals surface area contributed by atoms with Crippen LogP contribution in [-0.2, 0) is 14.3 Å². The van der Waals surface area contributed by atoms with Gasteiger partial charge >= 0.3 is 0 Å². The van der Waals surface area contributed by atoms with Gasteiger partial charge in [-0.1, -0.05) is 11.6 Å². The van der Waals surface area contributed by atoms with Crippen molar-refractivity contribution in [3.8, 4) is 0 Å². The van der Waals surface area contributed by atoms with Gasteiger partial charge in [-0.2, -0.15) is 0 Å². The van der Waals surface area contributed by atoms with Gasteiger partial charge < -0.3 is 14.5 Å². The zero-order valence-corrected chi connectivity index (χ0v) is 13.1. The predicted molar refractivity (Wildman–Crippen MR) is 81.5 cm³/mol. The Morgan fingerprint density at radius 2 is 2.05 bits per heavy atom. The maximum absolute atomic E-state index is 13.2. The Labute approximate surface area is 133 Å². The van der Waals surface area contributed by atoms with E-state index in [4.69, 9.17) is 16.3 Å². The molecule has 0 aliphatic carbocycles. The van der Waals surface area contributed by atoms with Crippen molar-refractivity contribution in [2.24, 2.45) is 0 Å². The average molecular weight is 329 g/mol. The molecule has 1 saturated heterocycles. The fourth-order valence-corrected chi connectivity index (χ4v) is 2.47. The highest BCUT2D eigenvalue weighted by atomic mass is 35.5. The molecule has 1 fully saturated rings. The number of halogens is 2. The minimum atomic E-state index is -0.543. The molecule has 0 radical (unpaired) electrons. The summed E-state index contributed by atoms with van der Waals surface area (Å²) in [7, 11) is 0. The van der Waals surface area contributed by atoms with E-state index in [-0.39, 0.29) is 29.8 Å². The highest BCUT2D eigenvalue weighted by molar-refractivity contribution is 6.31. The monoisotopic (exact) mass is 328 g/mol. The van der Waals surface area contributed by atoms with Crippen LogP contribution in [0.15, 0.2) is 18.2 Å². The third-order valence-electron chi connectivity index (χ3n) is 3.51. The summed E-state index contributed by atoms with van der Waals surface area (Å²) in [4.78, 5) is 27.0. The molecule has 1 aromatic rings. The molecule has 5 nitrogen and oxygen atoms in total. The molecule has 2 amide bonds. The Kier molecular flexibility index (Phi) is 5.74. The lowest BCUT2D eigenvalue weighted by molar-refractivity contribution is -0.135. The van der Waals surface area contributed by atoms with Crippen molar-refractivity contribution < 1.29 is 18.7 Å². The number of hydrogen-bond donors (Lipinski definition) is 0. The molecule has 1 heterocycles. The van der Waals surface area contributed by atoms with Crippen LogP contribution in [0.4, 0.5) is 10.1 Å². The highest BCUT2D eigenvalue weighted by Crippen LogP contribution is 2.23. The lowest BCUT2D eigenvalue weighted by Crippen LogP contribution is -2.42. The summed E-state index contributed by atoms with van der Waals surface area (Å²) in [5, 5.41) is -0.0525. The van der Waals surface area contributed by atoms with Gasteiger partial charge in [-0.25, -0.2) is 4.39 Å². The first-order valence-electron chi connectivity index (χ1n) is 7.07. The molecule has 22 heavy (non-hydrogen) atoms. The second kappa shape index (κ2) is 7.56. The summed E-state index contributed by atoms with van der Waals surface area (Å²) in [5.74, 6) is -0.793. The Morgan fingerprint density at radius 1 is 1.36 bits per heavy atom. The lowest BCUT2D eigenvalue weighted by atomic mass is 10.2. The van der Waals surface area contributed by atoms with Gasteiger partial charge in [-0.3, -0.25) is 9.59 Å². The standard InChI is InChI=1S/C15H18ClFN2O3/c1-11(20)19(12-2-3-14(17)13(16)10-12)5-4-15(21)18-6-8-22-9-7-18/h2-3,10H,4-9H2,1H3. The summed E-state index contributed by atoms with van der Waals surface area (Å²) in [6.07, 6.45) is 0.203. The van der Waals surface area contributed by atoms with E-state index in [0.717, 1.165) is 0 Å². The van der Waals surface area contributed by atoms with Crippen molar-refractivity contribution >= 4 is 29.1 Å². The molecule has 0 unspecified atom stereocenters. The third kappa shape index (κ3) is 4.18. The SMILES string of the molecule is CC(=O)N(CCC(=O)N1CCOCC1)c1ccc(F)c(Cl)c1. The molecule has 0 atom stereocenters. The van der Waals surface area contributed by atoms with Gasteiger partial charge in [0.05, 0.1) is 18.2 Å². The summed E-state index contributed by atoms with van der Waals surface area (Å²) in [5.41, 5.74) is 0.480. The van der Waals surface area contributed by atoms with E-state index in [9.17, 15) is 14.0 Å². The van der Waals surface area contributed by atoms with Crippen molar-refractivity contribution in [3.05, 3.63) is 29.0 Å². The summed E-state index contributed by atoms with van der Waals surface area (Å²) in [6, 6.07) is 4.07. The summed E-state index contributed by atoms with van der Waals surface area (Å²) >= 11 is 5.75. The fourth-order valence-electron chi connectivity index (χ4n) is 2.30. The van der Waals surface area contributed by atoms with Crippen molar-refractivity contribution in [1.29, 1.82) is 0 Å². The first kappa shape index (κ1) is 16.7. The fraction of sp³-hybridized carbons (Fsp3) is 0.467. The van der Waals surface area contributed by atoms with Crippen LogP contribution in [0.3, 0.4) is 0 Å². The molecule has 1 aliphatic rings. The quantitative estimate of drug-likeness (QED) is 0.850. The zero-order chi connectivity index (χ0) is 16.1. The average Bonchev–Trinajstić information content (AvgIpc) is 2.51. The third-order valence-corrected chi connectivity index (χ3v) is 3.80. The number of hydrogen-bond acceptors (Lipinski definition) is 3. The van der Waals surface area contributed by atoms with Crippen molar-refractivity contribution in [1.82, 2.24) is 4.90 Å². The van der Waals surface area contributed by atoms with E-state index >= 15 is 0 Å². The van der Waals surface area contributed by atoms with Crippen molar-refractivity contribution in [3.63, 3.8) is 0 Å². The highest BCUT2D eigenvalue weighted by Gasteiger charge is 2.19. The van der Waals surface area contributed by atoms with Gasteiger partial charge in [0, 0.05) is 38.7 Å². The van der Waals surface area contributed by atoms with Gasteiger partial charge in [0.2, 0.25) is 11.8 Å². The van der Waals surface area contributed by atoms with Crippen LogP contribution in [-0.4, -0.2) is 49.6 Å². The molecule has 120 valence electrons. The molecular formula is C15H18ClFN2O3. The van der Waals surface area contributed by atoms with Crippen LogP contribution >= 0.6 is 11.6 Å². The normalized spacial score (nSPS) is 14.8. The predicted octanol–water partition coefficient (Wildman–Crippen LogP) is 2.08. The Hall–Kier alpha value is -1.66. The van der Waals surface area contributed by atoms with E-state index in [1.165, 1.54) is 30.0 Å². The summed E-state index contributed by atoms with van der Waals surface area (Å²) in [6.45, 7) is 3.85. The second-order valence-electron chi connectivity index (χ2n) is 5.01. The summed E-state index contributed by atoms with van der Waals surface area (Å²) < 4.78 is 18.4. The number of nitrogens with zero attached hydrogens (tertiary/aromatic N) is 2. The number of amides is 2. The van der Waals surface area contributed by atoms with Gasteiger partial charge in [0.15, 0.2) is 0 Å². The van der Waals surface area contributed by atoms with E-state index in [1.807, 2.05) is 0 Å². The molecular weight excluding hydrogens is 311 g/mol. The number of morpholine rings is 1. The number of carbonyl (C=O) groups is 2. The van der Waals surface area contributed by atoms with E-state index < -0.39 is 5.82 Å². The number of benzene rings is 1. The van der Waals surface area contributed by atoms with E-state index in [0.29, 0.717) is 32.0 Å². The number of anilines is 1. The molecule has 0 bridgehead atoms. The van der Waals surface area contributed by atoms with Crippen LogP contribution in [0.25, 0.3) is 0 Å². The largest absolute Gasteiger partial charge is 0.378 e.